The fraction of sp³-hybridized carbons (Fsp3) is 0.414. The molecule has 6 nitrogen and oxygen atoms in total. The van der Waals surface area contributed by atoms with Crippen molar-refractivity contribution < 1.29 is 75.3 Å². The maximum absolute atomic E-state index is 12.4. The maximum Gasteiger partial charge on any atom is 0.231 e. The summed E-state index contributed by atoms with van der Waals surface area (Å²) in [6.45, 7) is 7.91. The van der Waals surface area contributed by atoms with Crippen LogP contribution in [0.2, 0.25) is 0 Å². The van der Waals surface area contributed by atoms with Crippen LogP contribution >= 0.6 is 9.39 Å². The van der Waals surface area contributed by atoms with Crippen molar-refractivity contribution in [2.75, 3.05) is 0 Å². The van der Waals surface area contributed by atoms with Crippen molar-refractivity contribution in [3.05, 3.63) is 72.1 Å². The van der Waals surface area contributed by atoms with E-state index < -0.39 is 5.60 Å². The number of rotatable bonds is 6. The third kappa shape index (κ3) is 7.84. The quantitative estimate of drug-likeness (QED) is 0.291. The Balaban J connectivity index is 0.000000255. The number of aliphatic hydroxyl groups is 1. The fourth-order valence-corrected chi connectivity index (χ4v) is 5.94. The SMILES string of the molecule is CC(N)CC(C)(O)Cc1c[n-]c2ccccc12.CC1CC(C)(Cc2c[n-]c3ccccc23)C(=O)N1P.[Y].[Y]. The second-order valence-corrected chi connectivity index (χ2v) is 11.5. The molecule has 2 aromatic heterocycles. The third-order valence-corrected chi connectivity index (χ3v) is 7.85. The van der Waals surface area contributed by atoms with Crippen LogP contribution in [0.15, 0.2) is 60.9 Å². The number of nitrogens with two attached hydrogens (primary N) is 1. The van der Waals surface area contributed by atoms with E-state index in [1.807, 2.05) is 68.7 Å². The topological polar surface area (TPSA) is 94.8 Å². The molecule has 1 amide bonds. The Kier molecular flexibility index (Phi) is 12.4. The van der Waals surface area contributed by atoms with Gasteiger partial charge < -0.3 is 25.5 Å². The summed E-state index contributed by atoms with van der Waals surface area (Å²) in [7, 11) is 2.55. The van der Waals surface area contributed by atoms with Gasteiger partial charge in [0.1, 0.15) is 0 Å². The zero-order valence-electron chi connectivity index (χ0n) is 22.8. The number of hydrogen-bond acceptors (Lipinski definition) is 3. The first-order valence-corrected chi connectivity index (χ1v) is 13.1. The monoisotopic (exact) mass is 682 g/mol. The van der Waals surface area contributed by atoms with Crippen molar-refractivity contribution >= 4 is 37.1 Å². The minimum Gasteiger partial charge on any atom is -0.663 e. The molecule has 5 atom stereocenters. The van der Waals surface area contributed by atoms with Crippen molar-refractivity contribution in [3.8, 4) is 0 Å². The Bertz CT molecular complexity index is 1350. The zero-order valence-corrected chi connectivity index (χ0v) is 29.6. The Morgan fingerprint density at radius 2 is 1.58 bits per heavy atom. The van der Waals surface area contributed by atoms with Gasteiger partial charge in [0.15, 0.2) is 0 Å². The van der Waals surface area contributed by atoms with Gasteiger partial charge >= 0.3 is 0 Å². The smallest absolute Gasteiger partial charge is 0.231 e. The molecule has 1 fully saturated rings. The number of carbonyl (C=O) groups is 1. The second-order valence-electron chi connectivity index (χ2n) is 11.0. The molecule has 198 valence electrons. The van der Waals surface area contributed by atoms with Gasteiger partial charge in [-0.3, -0.25) is 4.79 Å². The van der Waals surface area contributed by atoms with E-state index in [9.17, 15) is 9.90 Å². The molecule has 0 aliphatic carbocycles. The van der Waals surface area contributed by atoms with Crippen molar-refractivity contribution in [3.63, 3.8) is 0 Å². The molecule has 38 heavy (non-hydrogen) atoms. The van der Waals surface area contributed by atoms with Crippen LogP contribution in [0, 0.1) is 5.41 Å². The molecule has 5 rings (SSSR count). The van der Waals surface area contributed by atoms with Crippen LogP contribution in [-0.4, -0.2) is 33.4 Å². The molecular formula is C29H37N4O2PY2-2. The summed E-state index contributed by atoms with van der Waals surface area (Å²) in [6, 6.07) is 16.4. The molecule has 0 bridgehead atoms. The Morgan fingerprint density at radius 3 is 2.08 bits per heavy atom. The fourth-order valence-electron chi connectivity index (χ4n) is 5.52. The van der Waals surface area contributed by atoms with Crippen LogP contribution in [0.25, 0.3) is 21.8 Å². The van der Waals surface area contributed by atoms with Gasteiger partial charge in [-0.2, -0.15) is 12.4 Å². The summed E-state index contributed by atoms with van der Waals surface area (Å²) in [5.41, 5.74) is 8.94. The van der Waals surface area contributed by atoms with Crippen molar-refractivity contribution in [1.82, 2.24) is 14.6 Å². The van der Waals surface area contributed by atoms with Crippen LogP contribution in [0.3, 0.4) is 0 Å². The minimum absolute atomic E-state index is 0. The van der Waals surface area contributed by atoms with Gasteiger partial charge in [-0.25, -0.2) is 0 Å². The van der Waals surface area contributed by atoms with Gasteiger partial charge in [0.2, 0.25) is 5.91 Å². The summed E-state index contributed by atoms with van der Waals surface area (Å²) < 4.78 is 1.79. The number of hydrogen-bond donors (Lipinski definition) is 2. The number of amides is 1. The molecule has 1 saturated heterocycles. The van der Waals surface area contributed by atoms with Crippen LogP contribution < -0.4 is 15.7 Å². The largest absolute Gasteiger partial charge is 0.663 e. The van der Waals surface area contributed by atoms with E-state index in [1.54, 1.807) is 4.67 Å². The second kappa shape index (κ2) is 13.9. The van der Waals surface area contributed by atoms with E-state index in [0.29, 0.717) is 12.8 Å². The molecule has 3 N–H and O–H groups in total. The van der Waals surface area contributed by atoms with E-state index in [1.165, 1.54) is 10.9 Å². The van der Waals surface area contributed by atoms with E-state index in [-0.39, 0.29) is 88.8 Å². The normalized spacial score (nSPS) is 21.3. The number of para-hydroxylation sites is 2. The van der Waals surface area contributed by atoms with E-state index in [0.717, 1.165) is 34.8 Å². The van der Waals surface area contributed by atoms with Crippen molar-refractivity contribution in [1.29, 1.82) is 0 Å². The molecule has 5 unspecified atom stereocenters. The Morgan fingerprint density at radius 1 is 1.08 bits per heavy atom. The van der Waals surface area contributed by atoms with Crippen LogP contribution in [0.1, 0.15) is 51.7 Å². The number of fused-ring (bicyclic) bond motifs is 2. The standard InChI is InChI=1S/C15H18N2OP.C14H19N2O.2Y/c1-10-7-15(2,14(18)17(10)19)8-11-9-16-13-6-4-3-5-12(11)13;1-10(15)7-14(2,17)8-11-9-16-13-6-4-3-5-12(11)13;;/h3-6,9-10H,7-8,19H2,1-2H3;3-6,9-10,17H,7-8,15H2,1-2H3;;/q2*-1;;. The molecule has 1 aliphatic heterocycles. The van der Waals surface area contributed by atoms with Crippen LogP contribution in [0.4, 0.5) is 0 Å². The van der Waals surface area contributed by atoms with Gasteiger partial charge in [-0.05, 0) is 66.6 Å². The predicted octanol–water partition coefficient (Wildman–Crippen LogP) is 4.58. The first-order valence-electron chi connectivity index (χ1n) is 12.5. The van der Waals surface area contributed by atoms with E-state index in [4.69, 9.17) is 5.73 Å². The molecule has 2 radical (unpaired) electrons. The molecule has 2 aromatic carbocycles. The van der Waals surface area contributed by atoms with Crippen LogP contribution in [-0.2, 0) is 83.1 Å². The molecular weight excluding hydrogens is 645 g/mol. The van der Waals surface area contributed by atoms with Gasteiger partial charge in [0.05, 0.1) is 11.0 Å². The van der Waals surface area contributed by atoms with Gasteiger partial charge in [0, 0.05) is 77.5 Å². The van der Waals surface area contributed by atoms with Crippen LogP contribution in [0.5, 0.6) is 0 Å². The first-order chi connectivity index (χ1) is 17.0. The molecule has 1 aliphatic rings. The molecule has 9 heteroatoms. The van der Waals surface area contributed by atoms with Crippen molar-refractivity contribution in [2.24, 2.45) is 11.1 Å². The number of nitrogens with zero attached hydrogens (tertiary/aromatic N) is 3. The Labute approximate surface area is 278 Å². The minimum atomic E-state index is -0.771. The number of aromatic nitrogens is 2. The van der Waals surface area contributed by atoms with Gasteiger partial charge in [-0.1, -0.05) is 66.6 Å². The predicted molar refractivity (Wildman–Crippen MR) is 150 cm³/mol. The van der Waals surface area contributed by atoms with Gasteiger partial charge in [-0.15, -0.1) is 11.0 Å². The van der Waals surface area contributed by atoms with E-state index >= 15 is 0 Å². The summed E-state index contributed by atoms with van der Waals surface area (Å²) in [5.74, 6) is 0.218. The summed E-state index contributed by atoms with van der Waals surface area (Å²) in [4.78, 5) is 21.1. The summed E-state index contributed by atoms with van der Waals surface area (Å²) in [6.07, 6.45) is 6.61. The molecule has 4 aromatic rings. The van der Waals surface area contributed by atoms with E-state index in [2.05, 4.69) is 39.3 Å². The molecule has 0 spiro atoms. The van der Waals surface area contributed by atoms with Gasteiger partial charge in [0.25, 0.3) is 0 Å². The Hall–Kier alpha value is -0.452. The summed E-state index contributed by atoms with van der Waals surface area (Å²) in [5, 5.41) is 12.6. The maximum atomic E-state index is 12.4. The third-order valence-electron chi connectivity index (χ3n) is 7.10. The first kappa shape index (κ1) is 33.8. The average molecular weight is 682 g/mol. The zero-order chi connectivity index (χ0) is 26.1. The number of carbonyl (C=O) groups excluding carboxylic acids is 1. The molecule has 3 heterocycles. The molecule has 0 saturated carbocycles. The number of benzene rings is 2. The van der Waals surface area contributed by atoms with Crippen molar-refractivity contribution in [2.45, 2.75) is 71.1 Å². The average Bonchev–Trinajstić information content (AvgIpc) is 3.46. The summed E-state index contributed by atoms with van der Waals surface area (Å²) >= 11 is 0.